The molecule has 0 saturated heterocycles. The van der Waals surface area contributed by atoms with Crippen molar-refractivity contribution in [1.29, 1.82) is 0 Å². The monoisotopic (exact) mass is 353 g/mol. The van der Waals surface area contributed by atoms with Gasteiger partial charge in [0.15, 0.2) is 0 Å². The summed E-state index contributed by atoms with van der Waals surface area (Å²) in [6.45, 7) is 5.47. The minimum absolute atomic E-state index is 0.187. The predicted molar refractivity (Wildman–Crippen MR) is 86.5 cm³/mol. The van der Waals surface area contributed by atoms with Crippen LogP contribution >= 0.6 is 15.9 Å². The number of hydrogen-bond acceptors (Lipinski definition) is 2. The van der Waals surface area contributed by atoms with Crippen molar-refractivity contribution in [3.63, 3.8) is 0 Å². The van der Waals surface area contributed by atoms with Crippen LogP contribution in [0.5, 0.6) is 0 Å². The van der Waals surface area contributed by atoms with Crippen molar-refractivity contribution in [2.75, 3.05) is 0 Å². The largest absolute Gasteiger partial charge is 0.307 e. The maximum Gasteiger partial charge on any atom is 0.127 e. The summed E-state index contributed by atoms with van der Waals surface area (Å²) in [5, 5.41) is 7.81. The van der Waals surface area contributed by atoms with Crippen LogP contribution in [0.2, 0.25) is 0 Å². The van der Waals surface area contributed by atoms with Gasteiger partial charge in [-0.25, -0.2) is 4.39 Å². The molecular formula is C16H21BrFN3. The van der Waals surface area contributed by atoms with E-state index in [1.807, 2.05) is 16.9 Å². The highest BCUT2D eigenvalue weighted by atomic mass is 79.9. The highest BCUT2D eigenvalue weighted by molar-refractivity contribution is 9.10. The van der Waals surface area contributed by atoms with Gasteiger partial charge in [-0.15, -0.1) is 0 Å². The highest BCUT2D eigenvalue weighted by Gasteiger charge is 2.08. The summed E-state index contributed by atoms with van der Waals surface area (Å²) in [4.78, 5) is 0. The smallest absolute Gasteiger partial charge is 0.127 e. The van der Waals surface area contributed by atoms with Gasteiger partial charge < -0.3 is 5.32 Å². The molecule has 1 heterocycles. The lowest BCUT2D eigenvalue weighted by atomic mass is 10.2. The van der Waals surface area contributed by atoms with Crippen LogP contribution in [0.15, 0.2) is 34.9 Å². The molecule has 0 unspecified atom stereocenters. The fraction of sp³-hybridized carbons (Fsp3) is 0.438. The quantitative estimate of drug-likeness (QED) is 0.797. The summed E-state index contributed by atoms with van der Waals surface area (Å²) >= 11 is 3.36. The van der Waals surface area contributed by atoms with Crippen LogP contribution in [0.3, 0.4) is 0 Å². The summed E-state index contributed by atoms with van der Waals surface area (Å²) in [5.74, 6) is -0.187. The average molecular weight is 354 g/mol. The first kappa shape index (κ1) is 16.2. The Morgan fingerprint density at radius 2 is 2.00 bits per heavy atom. The molecule has 0 saturated carbocycles. The van der Waals surface area contributed by atoms with E-state index in [-0.39, 0.29) is 5.82 Å². The summed E-state index contributed by atoms with van der Waals surface area (Å²) in [6, 6.07) is 7.45. The van der Waals surface area contributed by atoms with Crippen molar-refractivity contribution < 1.29 is 4.39 Å². The van der Waals surface area contributed by atoms with E-state index in [0.29, 0.717) is 24.7 Å². The van der Waals surface area contributed by atoms with E-state index < -0.39 is 0 Å². The van der Waals surface area contributed by atoms with Crippen molar-refractivity contribution >= 4 is 15.9 Å². The van der Waals surface area contributed by atoms with Crippen molar-refractivity contribution in [1.82, 2.24) is 15.1 Å². The molecule has 0 aliphatic rings. The van der Waals surface area contributed by atoms with Crippen molar-refractivity contribution in [2.45, 2.75) is 45.8 Å². The first-order valence-electron chi connectivity index (χ1n) is 7.32. The zero-order chi connectivity index (χ0) is 15.2. The van der Waals surface area contributed by atoms with Gasteiger partial charge >= 0.3 is 0 Å². The van der Waals surface area contributed by atoms with Gasteiger partial charge in [0.05, 0.1) is 11.7 Å². The molecule has 5 heteroatoms. The van der Waals surface area contributed by atoms with Gasteiger partial charge in [0, 0.05) is 29.3 Å². The Balaban J connectivity index is 1.90. The van der Waals surface area contributed by atoms with E-state index in [0.717, 1.165) is 23.0 Å². The molecule has 1 aromatic heterocycles. The van der Waals surface area contributed by atoms with Crippen LogP contribution in [-0.2, 0) is 13.1 Å². The van der Waals surface area contributed by atoms with Crippen LogP contribution in [-0.4, -0.2) is 9.78 Å². The fourth-order valence-corrected chi connectivity index (χ4v) is 2.75. The van der Waals surface area contributed by atoms with Gasteiger partial charge in [-0.05, 0) is 37.1 Å². The minimum Gasteiger partial charge on any atom is -0.307 e. The Kier molecular flexibility index (Phi) is 5.94. The van der Waals surface area contributed by atoms with Crippen LogP contribution in [0.4, 0.5) is 4.39 Å². The van der Waals surface area contributed by atoms with Gasteiger partial charge in [-0.1, -0.05) is 29.8 Å². The topological polar surface area (TPSA) is 29.9 Å². The Bertz CT molecular complexity index is 579. The molecule has 1 aromatic carbocycles. The molecule has 0 amide bonds. The second-order valence-corrected chi connectivity index (χ2v) is 6.01. The van der Waals surface area contributed by atoms with Gasteiger partial charge in [0.25, 0.3) is 0 Å². The SMILES string of the molecule is CCC(CC)n1ccc(CNCc2cc(Br)ccc2F)n1. The number of nitrogens with one attached hydrogen (secondary N) is 1. The predicted octanol–water partition coefficient (Wildman–Crippen LogP) is 4.44. The van der Waals surface area contributed by atoms with Crippen LogP contribution in [0, 0.1) is 5.82 Å². The zero-order valence-electron chi connectivity index (χ0n) is 12.4. The molecule has 21 heavy (non-hydrogen) atoms. The lowest BCUT2D eigenvalue weighted by molar-refractivity contribution is 0.424. The van der Waals surface area contributed by atoms with Gasteiger partial charge in [0.1, 0.15) is 5.82 Å². The first-order valence-corrected chi connectivity index (χ1v) is 8.12. The standard InChI is InChI=1S/C16H21BrFN3/c1-3-15(4-2)21-8-7-14(20-21)11-19-10-12-9-13(17)5-6-16(12)18/h5-9,15,19H,3-4,10-11H2,1-2H3. The average Bonchev–Trinajstić information content (AvgIpc) is 2.93. The number of rotatable bonds is 7. The van der Waals surface area contributed by atoms with Crippen molar-refractivity contribution in [3.8, 4) is 0 Å². The molecule has 114 valence electrons. The van der Waals surface area contributed by atoms with E-state index in [4.69, 9.17) is 0 Å². The Labute approximate surface area is 133 Å². The number of halogens is 2. The van der Waals surface area contributed by atoms with Crippen LogP contribution in [0.25, 0.3) is 0 Å². The number of aromatic nitrogens is 2. The molecule has 0 atom stereocenters. The molecule has 2 rings (SSSR count). The van der Waals surface area contributed by atoms with E-state index >= 15 is 0 Å². The third kappa shape index (κ3) is 4.38. The first-order chi connectivity index (χ1) is 10.1. The molecule has 0 fully saturated rings. The molecule has 0 bridgehead atoms. The Morgan fingerprint density at radius 1 is 1.24 bits per heavy atom. The molecule has 0 aliphatic heterocycles. The van der Waals surface area contributed by atoms with E-state index in [9.17, 15) is 4.39 Å². The van der Waals surface area contributed by atoms with Crippen LogP contribution in [0.1, 0.15) is 44.0 Å². The van der Waals surface area contributed by atoms with Gasteiger partial charge in [-0.2, -0.15) is 5.10 Å². The highest BCUT2D eigenvalue weighted by Crippen LogP contribution is 2.16. The lowest BCUT2D eigenvalue weighted by Gasteiger charge is -2.12. The van der Waals surface area contributed by atoms with E-state index in [2.05, 4.69) is 40.2 Å². The second-order valence-electron chi connectivity index (χ2n) is 5.10. The Hall–Kier alpha value is -1.20. The van der Waals surface area contributed by atoms with Gasteiger partial charge in [-0.3, -0.25) is 4.68 Å². The molecule has 3 nitrogen and oxygen atoms in total. The number of benzene rings is 1. The second kappa shape index (κ2) is 7.71. The third-order valence-corrected chi connectivity index (χ3v) is 4.10. The van der Waals surface area contributed by atoms with Crippen LogP contribution < -0.4 is 5.32 Å². The number of nitrogens with zero attached hydrogens (tertiary/aromatic N) is 2. The molecular weight excluding hydrogens is 333 g/mol. The zero-order valence-corrected chi connectivity index (χ0v) is 14.0. The van der Waals surface area contributed by atoms with E-state index in [1.54, 1.807) is 12.1 Å². The molecule has 0 aliphatic carbocycles. The maximum absolute atomic E-state index is 13.6. The fourth-order valence-electron chi connectivity index (χ4n) is 2.34. The van der Waals surface area contributed by atoms with Crippen molar-refractivity contribution in [3.05, 3.63) is 52.0 Å². The molecule has 2 aromatic rings. The molecule has 1 N–H and O–H groups in total. The molecule has 0 spiro atoms. The number of hydrogen-bond donors (Lipinski definition) is 1. The lowest BCUT2D eigenvalue weighted by Crippen LogP contribution is -2.15. The summed E-state index contributed by atoms with van der Waals surface area (Å²) in [6.07, 6.45) is 4.18. The molecule has 0 radical (unpaired) electrons. The van der Waals surface area contributed by atoms with Crippen molar-refractivity contribution in [2.24, 2.45) is 0 Å². The summed E-state index contributed by atoms with van der Waals surface area (Å²) in [7, 11) is 0. The Morgan fingerprint density at radius 3 is 2.71 bits per heavy atom. The summed E-state index contributed by atoms with van der Waals surface area (Å²) in [5.41, 5.74) is 1.64. The normalized spacial score (nSPS) is 11.3. The van der Waals surface area contributed by atoms with Gasteiger partial charge in [0.2, 0.25) is 0 Å². The van der Waals surface area contributed by atoms with E-state index in [1.165, 1.54) is 6.07 Å². The minimum atomic E-state index is -0.187. The maximum atomic E-state index is 13.6. The third-order valence-electron chi connectivity index (χ3n) is 3.61. The summed E-state index contributed by atoms with van der Waals surface area (Å²) < 4.78 is 16.5.